The summed E-state index contributed by atoms with van der Waals surface area (Å²) in [6, 6.07) is 9.45. The Kier molecular flexibility index (Phi) is 5.81. The number of sulfonamides is 2. The fourth-order valence-electron chi connectivity index (χ4n) is 3.40. The third-order valence-electron chi connectivity index (χ3n) is 5.09. The van der Waals surface area contributed by atoms with E-state index in [1.807, 2.05) is 0 Å². The first-order valence-electron chi connectivity index (χ1n) is 8.98. The maximum atomic E-state index is 13.1. The van der Waals surface area contributed by atoms with Gasteiger partial charge in [0.25, 0.3) is 5.91 Å². The second-order valence-electron chi connectivity index (χ2n) is 6.76. The summed E-state index contributed by atoms with van der Waals surface area (Å²) in [7, 11) is -4.58. The summed E-state index contributed by atoms with van der Waals surface area (Å²) < 4.78 is 53.3. The number of rotatable bonds is 5. The van der Waals surface area contributed by atoms with Gasteiger partial charge in [-0.25, -0.2) is 26.3 Å². The predicted octanol–water partition coefficient (Wildman–Crippen LogP) is 1.01. The van der Waals surface area contributed by atoms with Crippen molar-refractivity contribution in [3.05, 3.63) is 58.7 Å². The quantitative estimate of drug-likeness (QED) is 0.725. The van der Waals surface area contributed by atoms with Crippen molar-refractivity contribution in [3.8, 4) is 0 Å². The first-order valence-corrected chi connectivity index (χ1v) is 11.9. The minimum atomic E-state index is -3.67. The average molecular weight is 438 g/mol. The van der Waals surface area contributed by atoms with Crippen LogP contribution in [0.3, 0.4) is 0 Å². The molecule has 3 rings (SSSR count). The van der Waals surface area contributed by atoms with Crippen LogP contribution in [0.25, 0.3) is 0 Å². The van der Waals surface area contributed by atoms with Crippen LogP contribution >= 0.6 is 0 Å². The molecule has 2 N–H and O–H groups in total. The number of carbonyl (C=O) groups is 1. The van der Waals surface area contributed by atoms with Crippen molar-refractivity contribution < 1.29 is 21.6 Å². The second kappa shape index (κ2) is 7.86. The number of amides is 1. The number of aryl methyl sites for hydroxylation is 1. The zero-order chi connectivity index (χ0) is 21.4. The van der Waals surface area contributed by atoms with E-state index in [4.69, 9.17) is 0 Å². The van der Waals surface area contributed by atoms with Gasteiger partial charge in [-0.15, -0.1) is 0 Å². The molecule has 0 fully saturated rings. The fraction of sp³-hybridized carbons (Fsp3) is 0.316. The van der Waals surface area contributed by atoms with E-state index in [1.165, 1.54) is 26.2 Å². The zero-order valence-corrected chi connectivity index (χ0v) is 18.0. The van der Waals surface area contributed by atoms with Crippen LogP contribution in [-0.4, -0.2) is 48.3 Å². The number of hydrogen-bond donors (Lipinski definition) is 2. The molecule has 0 aromatic heterocycles. The van der Waals surface area contributed by atoms with Crippen molar-refractivity contribution in [2.24, 2.45) is 0 Å². The van der Waals surface area contributed by atoms with Crippen LogP contribution in [0.5, 0.6) is 0 Å². The van der Waals surface area contributed by atoms with Gasteiger partial charge in [0.15, 0.2) is 0 Å². The Morgan fingerprint density at radius 1 is 1.00 bits per heavy atom. The van der Waals surface area contributed by atoms with Crippen molar-refractivity contribution >= 4 is 26.0 Å². The maximum Gasteiger partial charge on any atom is 0.254 e. The van der Waals surface area contributed by atoms with Gasteiger partial charge in [-0.3, -0.25) is 4.79 Å². The highest BCUT2D eigenvalue weighted by molar-refractivity contribution is 7.89. The molecule has 0 bridgehead atoms. The third kappa shape index (κ3) is 4.06. The molecule has 1 amide bonds. The molecule has 0 spiro atoms. The Morgan fingerprint density at radius 3 is 2.34 bits per heavy atom. The Morgan fingerprint density at radius 2 is 1.69 bits per heavy atom. The Balaban J connectivity index is 1.95. The van der Waals surface area contributed by atoms with Crippen LogP contribution in [0.4, 0.5) is 0 Å². The molecule has 8 nitrogen and oxygen atoms in total. The van der Waals surface area contributed by atoms with Gasteiger partial charge in [0, 0.05) is 18.7 Å². The van der Waals surface area contributed by atoms with Crippen LogP contribution in [0.15, 0.2) is 46.2 Å². The lowest BCUT2D eigenvalue weighted by molar-refractivity contribution is 0.0733. The zero-order valence-electron chi connectivity index (χ0n) is 16.4. The standard InChI is InChI=1S/C19H23N3O5S2/c1-13-7-8-15(28(24,25)20-2)11-17(13)19(23)22-10-9-16-14(12-22)5-4-6-18(16)29(26,27)21-3/h4-8,11,20-21H,9-10,12H2,1-3H3. The number of nitrogens with zero attached hydrogens (tertiary/aromatic N) is 1. The van der Waals surface area contributed by atoms with Crippen molar-refractivity contribution in [3.63, 3.8) is 0 Å². The van der Waals surface area contributed by atoms with Crippen molar-refractivity contribution in [2.45, 2.75) is 29.7 Å². The van der Waals surface area contributed by atoms with Crippen LogP contribution in [0, 0.1) is 6.92 Å². The maximum absolute atomic E-state index is 13.1. The molecule has 1 heterocycles. The number of hydrogen-bond acceptors (Lipinski definition) is 5. The van der Waals surface area contributed by atoms with Gasteiger partial charge in [0.1, 0.15) is 0 Å². The van der Waals surface area contributed by atoms with E-state index < -0.39 is 20.0 Å². The lowest BCUT2D eigenvalue weighted by atomic mass is 9.98. The van der Waals surface area contributed by atoms with Crippen LogP contribution in [0.2, 0.25) is 0 Å². The van der Waals surface area contributed by atoms with Gasteiger partial charge in [-0.1, -0.05) is 18.2 Å². The van der Waals surface area contributed by atoms with E-state index in [0.29, 0.717) is 29.7 Å². The number of carbonyl (C=O) groups excluding carboxylic acids is 1. The molecule has 0 unspecified atom stereocenters. The molecule has 0 aliphatic carbocycles. The summed E-state index contributed by atoms with van der Waals surface area (Å²) in [5, 5.41) is 0. The lowest BCUT2D eigenvalue weighted by Crippen LogP contribution is -2.37. The van der Waals surface area contributed by atoms with E-state index in [1.54, 1.807) is 36.1 Å². The molecule has 1 aliphatic rings. The molecule has 29 heavy (non-hydrogen) atoms. The van der Waals surface area contributed by atoms with E-state index >= 15 is 0 Å². The van der Waals surface area contributed by atoms with Crippen molar-refractivity contribution in [1.29, 1.82) is 0 Å². The Labute approximate surface area is 171 Å². The lowest BCUT2D eigenvalue weighted by Gasteiger charge is -2.30. The highest BCUT2D eigenvalue weighted by Crippen LogP contribution is 2.27. The van der Waals surface area contributed by atoms with E-state index in [9.17, 15) is 21.6 Å². The van der Waals surface area contributed by atoms with Gasteiger partial charge >= 0.3 is 0 Å². The molecule has 10 heteroatoms. The van der Waals surface area contributed by atoms with Crippen LogP contribution < -0.4 is 9.44 Å². The Bertz CT molecular complexity index is 1170. The largest absolute Gasteiger partial charge is 0.334 e. The van der Waals surface area contributed by atoms with E-state index in [-0.39, 0.29) is 22.2 Å². The molecule has 156 valence electrons. The van der Waals surface area contributed by atoms with Gasteiger partial charge in [-0.2, -0.15) is 0 Å². The fourth-order valence-corrected chi connectivity index (χ4v) is 5.19. The predicted molar refractivity (Wildman–Crippen MR) is 109 cm³/mol. The highest BCUT2D eigenvalue weighted by atomic mass is 32.2. The van der Waals surface area contributed by atoms with Crippen LogP contribution in [-0.2, 0) is 33.0 Å². The molecule has 2 aromatic rings. The van der Waals surface area contributed by atoms with E-state index in [0.717, 1.165) is 5.56 Å². The summed E-state index contributed by atoms with van der Waals surface area (Å²) in [5.74, 6) is -0.289. The molecule has 2 aromatic carbocycles. The SMILES string of the molecule is CNS(=O)(=O)c1ccc(C)c(C(=O)N2CCc3c(cccc3S(=O)(=O)NC)C2)c1. The second-order valence-corrected chi connectivity index (χ2v) is 10.5. The summed E-state index contributed by atoms with van der Waals surface area (Å²) >= 11 is 0. The van der Waals surface area contributed by atoms with Crippen LogP contribution in [0.1, 0.15) is 27.0 Å². The van der Waals surface area contributed by atoms with Crippen molar-refractivity contribution in [1.82, 2.24) is 14.3 Å². The van der Waals surface area contributed by atoms with Crippen molar-refractivity contribution in [2.75, 3.05) is 20.6 Å². The molecule has 0 saturated carbocycles. The summed E-state index contributed by atoms with van der Waals surface area (Å²) in [4.78, 5) is 15.0. The molecular weight excluding hydrogens is 414 g/mol. The van der Waals surface area contributed by atoms with Gasteiger partial charge < -0.3 is 4.90 Å². The van der Waals surface area contributed by atoms with Gasteiger partial charge in [0.2, 0.25) is 20.0 Å². The van der Waals surface area contributed by atoms with E-state index in [2.05, 4.69) is 9.44 Å². The number of nitrogens with one attached hydrogen (secondary N) is 2. The highest BCUT2D eigenvalue weighted by Gasteiger charge is 2.28. The third-order valence-corrected chi connectivity index (χ3v) is 8.00. The molecule has 1 aliphatic heterocycles. The summed E-state index contributed by atoms with van der Waals surface area (Å²) in [5.41, 5.74) is 2.44. The average Bonchev–Trinajstić information content (AvgIpc) is 2.72. The number of fused-ring (bicyclic) bond motifs is 1. The molecule has 0 atom stereocenters. The minimum absolute atomic E-state index is 0.0220. The monoisotopic (exact) mass is 437 g/mol. The normalized spacial score (nSPS) is 14.5. The first kappa shape index (κ1) is 21.4. The molecular formula is C19H23N3O5S2. The van der Waals surface area contributed by atoms with Gasteiger partial charge in [-0.05, 0) is 62.3 Å². The summed E-state index contributed by atoms with van der Waals surface area (Å²) in [6.07, 6.45) is 0.395. The minimum Gasteiger partial charge on any atom is -0.334 e. The first-order chi connectivity index (χ1) is 13.6. The molecule has 0 saturated heterocycles. The molecule has 0 radical (unpaired) electrons. The topological polar surface area (TPSA) is 113 Å². The Hall–Kier alpha value is -2.27. The van der Waals surface area contributed by atoms with Gasteiger partial charge in [0.05, 0.1) is 9.79 Å². The summed E-state index contributed by atoms with van der Waals surface area (Å²) in [6.45, 7) is 2.34. The smallest absolute Gasteiger partial charge is 0.254 e. The number of benzene rings is 2.